The van der Waals surface area contributed by atoms with E-state index in [-0.39, 0.29) is 40.0 Å². The number of amides is 1. The van der Waals surface area contributed by atoms with Crippen molar-refractivity contribution in [3.63, 3.8) is 0 Å². The highest BCUT2D eigenvalue weighted by molar-refractivity contribution is 7.90. The number of carbonyl (C=O) groups excluding carboxylic acids is 1. The highest BCUT2D eigenvalue weighted by Crippen LogP contribution is 2.31. The van der Waals surface area contributed by atoms with Crippen LogP contribution < -0.4 is 15.0 Å². The monoisotopic (exact) mass is 675 g/mol. The van der Waals surface area contributed by atoms with Gasteiger partial charge in [0, 0.05) is 63.3 Å². The number of rotatable bonds is 8. The Bertz CT molecular complexity index is 1780. The first-order valence-electron chi connectivity index (χ1n) is 15.5. The third-order valence-electron chi connectivity index (χ3n) is 8.82. The second kappa shape index (κ2) is 14.1. The molecule has 10 nitrogen and oxygen atoms in total. The first-order valence-corrected chi connectivity index (χ1v) is 17.4. The number of carbonyl (C=O) groups is 1. The van der Waals surface area contributed by atoms with E-state index in [0.29, 0.717) is 23.0 Å². The van der Waals surface area contributed by atoms with Crippen molar-refractivity contribution in [1.82, 2.24) is 19.8 Å². The van der Waals surface area contributed by atoms with E-state index in [0.717, 1.165) is 62.7 Å². The first kappa shape index (κ1) is 34.5. The number of halogens is 3. The first-order chi connectivity index (χ1) is 22.2. The van der Waals surface area contributed by atoms with E-state index in [1.54, 1.807) is 24.1 Å². The molecule has 1 N–H and O–H groups in total. The molecule has 254 valence electrons. The van der Waals surface area contributed by atoms with Crippen molar-refractivity contribution in [2.45, 2.75) is 55.9 Å². The van der Waals surface area contributed by atoms with E-state index in [1.165, 1.54) is 25.3 Å². The van der Waals surface area contributed by atoms with Crippen LogP contribution in [0, 0.1) is 17.8 Å². The molecule has 0 bridgehead atoms. The van der Waals surface area contributed by atoms with E-state index >= 15 is 0 Å². The van der Waals surface area contributed by atoms with Gasteiger partial charge in [0.25, 0.3) is 5.91 Å². The zero-order valence-electron chi connectivity index (χ0n) is 26.9. The van der Waals surface area contributed by atoms with Gasteiger partial charge in [0.2, 0.25) is 0 Å². The Morgan fingerprint density at radius 2 is 1.94 bits per heavy atom. The molecule has 2 saturated heterocycles. The predicted octanol–water partition coefficient (Wildman–Crippen LogP) is 4.12. The summed E-state index contributed by atoms with van der Waals surface area (Å²) in [6, 6.07) is 7.99. The summed E-state index contributed by atoms with van der Waals surface area (Å²) in [5, 5.41) is 3.13. The number of fused-ring (bicyclic) bond motifs is 1. The third kappa shape index (κ3) is 8.38. The van der Waals surface area contributed by atoms with Gasteiger partial charge in [0.05, 0.1) is 41.6 Å². The summed E-state index contributed by atoms with van der Waals surface area (Å²) >= 11 is 0. The van der Waals surface area contributed by atoms with Crippen LogP contribution in [0.3, 0.4) is 0 Å². The van der Waals surface area contributed by atoms with Gasteiger partial charge in [-0.25, -0.2) is 13.4 Å². The number of likely N-dealkylation sites (tertiary alicyclic amines) is 1. The molecule has 3 heterocycles. The van der Waals surface area contributed by atoms with Crippen molar-refractivity contribution >= 4 is 32.5 Å². The molecule has 2 aromatic carbocycles. The van der Waals surface area contributed by atoms with Gasteiger partial charge in [-0.15, -0.1) is 0 Å². The SMILES string of the molecule is COc1cc(S(C)(=O)=O)ccc1N(C)CC#Cc1cc(C(=O)N[C@H]2CCN(C3CCOCC3)C[C@@H]2C)c2ncn(CC(F)(F)F)c2c1. The minimum absolute atomic E-state index is 0.0987. The Morgan fingerprint density at radius 3 is 2.60 bits per heavy atom. The second-order valence-electron chi connectivity index (χ2n) is 12.3. The zero-order chi connectivity index (χ0) is 33.9. The Kier molecular flexibility index (Phi) is 10.4. The van der Waals surface area contributed by atoms with Crippen LogP contribution >= 0.6 is 0 Å². The lowest BCUT2D eigenvalue weighted by atomic mass is 9.91. The average molecular weight is 676 g/mol. The molecule has 14 heteroatoms. The Morgan fingerprint density at radius 1 is 1.19 bits per heavy atom. The van der Waals surface area contributed by atoms with Gasteiger partial charge in [-0.2, -0.15) is 13.2 Å². The fraction of sp³-hybridized carbons (Fsp3) is 0.515. The molecule has 2 aliphatic rings. The summed E-state index contributed by atoms with van der Waals surface area (Å²) in [5.41, 5.74) is 1.47. The molecule has 1 amide bonds. The fourth-order valence-electron chi connectivity index (χ4n) is 6.30. The highest BCUT2D eigenvalue weighted by atomic mass is 32.2. The minimum Gasteiger partial charge on any atom is -0.495 e. The number of methoxy groups -OCH3 is 1. The molecule has 0 aliphatic carbocycles. The van der Waals surface area contributed by atoms with Crippen molar-refractivity contribution in [2.24, 2.45) is 5.92 Å². The molecule has 0 unspecified atom stereocenters. The number of hydrogen-bond acceptors (Lipinski definition) is 8. The molecule has 0 radical (unpaired) electrons. The van der Waals surface area contributed by atoms with Gasteiger partial charge < -0.3 is 24.3 Å². The largest absolute Gasteiger partial charge is 0.495 e. The Hall–Kier alpha value is -3.80. The second-order valence-corrected chi connectivity index (χ2v) is 14.3. The number of ether oxygens (including phenoxy) is 2. The quantitative estimate of drug-likeness (QED) is 0.356. The summed E-state index contributed by atoms with van der Waals surface area (Å²) in [4.78, 5) is 22.3. The Labute approximate surface area is 273 Å². The number of nitrogens with one attached hydrogen (secondary N) is 1. The average Bonchev–Trinajstić information content (AvgIpc) is 3.42. The topological polar surface area (TPSA) is 106 Å². The van der Waals surface area contributed by atoms with Crippen LogP contribution in [0.15, 0.2) is 41.6 Å². The van der Waals surface area contributed by atoms with Crippen molar-refractivity contribution in [2.75, 3.05) is 58.2 Å². The van der Waals surface area contributed by atoms with Gasteiger partial charge in [-0.05, 0) is 49.4 Å². The standard InChI is InChI=1S/C33H40F3N5O5S/c1-22-19-40(24-10-14-46-15-11-24)13-9-27(22)38-32(42)26-16-23(17-29-31(26)37-21-41(29)20-33(34,35)36)6-5-12-39(2)28-8-7-25(47(4,43)44)18-30(28)45-3/h7-8,16-18,21-22,24,27H,9-15,19-20H2,1-4H3,(H,38,42)/t22-,27-/m0/s1. The molecule has 5 rings (SSSR count). The summed E-state index contributed by atoms with van der Waals surface area (Å²) in [6.07, 6.45) is 0.474. The van der Waals surface area contributed by atoms with E-state index in [4.69, 9.17) is 9.47 Å². The molecule has 3 aromatic rings. The molecule has 2 aliphatic heterocycles. The molecular weight excluding hydrogens is 635 g/mol. The maximum atomic E-state index is 13.7. The molecule has 1 aromatic heterocycles. The third-order valence-corrected chi connectivity index (χ3v) is 9.93. The highest BCUT2D eigenvalue weighted by Gasteiger charge is 2.33. The van der Waals surface area contributed by atoms with E-state index in [2.05, 4.69) is 34.0 Å². The minimum atomic E-state index is -4.49. The van der Waals surface area contributed by atoms with Crippen LogP contribution in [-0.2, 0) is 21.1 Å². The van der Waals surface area contributed by atoms with Gasteiger partial charge in [-0.1, -0.05) is 18.8 Å². The molecule has 0 spiro atoms. The molecule has 0 saturated carbocycles. The smallest absolute Gasteiger partial charge is 0.406 e. The number of anilines is 1. The fourth-order valence-corrected chi connectivity index (χ4v) is 6.93. The van der Waals surface area contributed by atoms with Crippen molar-refractivity contribution in [1.29, 1.82) is 0 Å². The summed E-state index contributed by atoms with van der Waals surface area (Å²) < 4.78 is 76.1. The van der Waals surface area contributed by atoms with Gasteiger partial charge in [-0.3, -0.25) is 9.69 Å². The number of benzene rings is 2. The number of imidazole rings is 1. The zero-order valence-corrected chi connectivity index (χ0v) is 27.7. The summed E-state index contributed by atoms with van der Waals surface area (Å²) in [5.74, 6) is 6.13. The molecule has 2 atom stereocenters. The lowest BCUT2D eigenvalue weighted by Crippen LogP contribution is -2.53. The molecule has 2 fully saturated rings. The lowest BCUT2D eigenvalue weighted by Gasteiger charge is -2.42. The van der Waals surface area contributed by atoms with Crippen molar-refractivity contribution in [3.05, 3.63) is 47.8 Å². The molecular formula is C33H40F3N5O5S. The number of piperidine rings is 1. The van der Waals surface area contributed by atoms with Crippen LogP contribution in [-0.4, -0.2) is 100 Å². The van der Waals surface area contributed by atoms with E-state index in [1.807, 2.05) is 0 Å². The van der Waals surface area contributed by atoms with Crippen molar-refractivity contribution < 1.29 is 35.9 Å². The lowest BCUT2D eigenvalue weighted by molar-refractivity contribution is -0.139. The van der Waals surface area contributed by atoms with Crippen molar-refractivity contribution in [3.8, 4) is 17.6 Å². The number of nitrogens with zero attached hydrogens (tertiary/aromatic N) is 4. The number of sulfone groups is 1. The number of alkyl halides is 3. The van der Waals surface area contributed by atoms with E-state index in [9.17, 15) is 26.4 Å². The van der Waals surface area contributed by atoms with Crippen LogP contribution in [0.2, 0.25) is 0 Å². The predicted molar refractivity (Wildman–Crippen MR) is 172 cm³/mol. The molecule has 47 heavy (non-hydrogen) atoms. The summed E-state index contributed by atoms with van der Waals surface area (Å²) in [6.45, 7) is 4.23. The number of hydrogen-bond donors (Lipinski definition) is 1. The van der Waals surface area contributed by atoms with Gasteiger partial charge >= 0.3 is 6.18 Å². The van der Waals surface area contributed by atoms with Crippen LogP contribution in [0.4, 0.5) is 18.9 Å². The van der Waals surface area contributed by atoms with Crippen LogP contribution in [0.25, 0.3) is 11.0 Å². The number of aromatic nitrogens is 2. The Balaban J connectivity index is 1.38. The summed E-state index contributed by atoms with van der Waals surface area (Å²) in [7, 11) is -0.245. The maximum absolute atomic E-state index is 13.7. The maximum Gasteiger partial charge on any atom is 0.406 e. The normalized spacial score (nSPS) is 19.6. The van der Waals surface area contributed by atoms with Crippen LogP contribution in [0.5, 0.6) is 5.75 Å². The van der Waals surface area contributed by atoms with Gasteiger partial charge in [0.15, 0.2) is 9.84 Å². The van der Waals surface area contributed by atoms with Crippen LogP contribution in [0.1, 0.15) is 42.1 Å². The van der Waals surface area contributed by atoms with Gasteiger partial charge in [0.1, 0.15) is 17.8 Å². The van der Waals surface area contributed by atoms with E-state index < -0.39 is 28.5 Å².